The fraction of sp³-hybridized carbons (Fsp3) is 0.571. The van der Waals surface area contributed by atoms with E-state index in [0.717, 1.165) is 4.48 Å². The van der Waals surface area contributed by atoms with Gasteiger partial charge in [-0.1, -0.05) is 31.0 Å². The summed E-state index contributed by atoms with van der Waals surface area (Å²) >= 11 is 0. The van der Waals surface area contributed by atoms with Crippen LogP contribution in [0.1, 0.15) is 31.7 Å². The highest BCUT2D eigenvalue weighted by Gasteiger charge is 2.17. The third kappa shape index (κ3) is 4.54. The van der Waals surface area contributed by atoms with E-state index in [1.165, 1.54) is 37.1 Å². The first-order valence-corrected chi connectivity index (χ1v) is 5.96. The van der Waals surface area contributed by atoms with Crippen molar-refractivity contribution in [3.8, 4) is 0 Å². The topological polar surface area (TPSA) is 0 Å². The number of hydrogen-bond donors (Lipinski definition) is 0. The first-order valence-electron chi connectivity index (χ1n) is 5.96. The van der Waals surface area contributed by atoms with Crippen LogP contribution >= 0.6 is 0 Å². The van der Waals surface area contributed by atoms with E-state index in [1.807, 2.05) is 0 Å². The van der Waals surface area contributed by atoms with Crippen LogP contribution in [0.2, 0.25) is 0 Å². The SMILES string of the molecule is CCCCC[N+](C)(C)c1ccc(C)cc1.[Cl-]. The Balaban J connectivity index is 0.00000225. The normalized spacial score (nSPS) is 11.0. The minimum Gasteiger partial charge on any atom is -1.00 e. The van der Waals surface area contributed by atoms with Gasteiger partial charge in [-0.3, -0.25) is 4.48 Å². The Morgan fingerprint density at radius 1 is 1.00 bits per heavy atom. The summed E-state index contributed by atoms with van der Waals surface area (Å²) in [5.41, 5.74) is 2.75. The molecular formula is C14H24ClN. The second-order valence-electron chi connectivity index (χ2n) is 4.95. The number of nitrogens with zero attached hydrogens (tertiary/aromatic N) is 1. The van der Waals surface area contributed by atoms with Crippen molar-refractivity contribution in [3.63, 3.8) is 0 Å². The Kier molecular flexibility index (Phi) is 6.70. The maximum absolute atomic E-state index is 2.29. The smallest absolute Gasteiger partial charge is 0.132 e. The van der Waals surface area contributed by atoms with Crippen LogP contribution in [0.15, 0.2) is 24.3 Å². The molecule has 1 nitrogen and oxygen atoms in total. The summed E-state index contributed by atoms with van der Waals surface area (Å²) in [5, 5.41) is 0. The van der Waals surface area contributed by atoms with Crippen molar-refractivity contribution in [2.45, 2.75) is 33.1 Å². The van der Waals surface area contributed by atoms with Crippen molar-refractivity contribution >= 4 is 5.69 Å². The summed E-state index contributed by atoms with van der Waals surface area (Å²) < 4.78 is 1.00. The fourth-order valence-electron chi connectivity index (χ4n) is 1.83. The third-order valence-electron chi connectivity index (χ3n) is 3.05. The molecule has 0 saturated carbocycles. The highest BCUT2D eigenvalue weighted by molar-refractivity contribution is 5.42. The number of hydrogen-bond acceptors (Lipinski definition) is 0. The van der Waals surface area contributed by atoms with E-state index in [-0.39, 0.29) is 12.4 Å². The van der Waals surface area contributed by atoms with Crippen LogP contribution in [-0.4, -0.2) is 20.6 Å². The van der Waals surface area contributed by atoms with Gasteiger partial charge in [0.05, 0.1) is 20.6 Å². The van der Waals surface area contributed by atoms with Crippen molar-refractivity contribution in [3.05, 3.63) is 29.8 Å². The molecule has 0 aliphatic rings. The number of halogens is 1. The van der Waals surface area contributed by atoms with Crippen molar-refractivity contribution in [2.24, 2.45) is 0 Å². The monoisotopic (exact) mass is 241 g/mol. The Labute approximate surface area is 106 Å². The van der Waals surface area contributed by atoms with E-state index in [2.05, 4.69) is 52.2 Å². The molecule has 0 amide bonds. The molecule has 0 fully saturated rings. The molecule has 92 valence electrons. The number of unbranched alkanes of at least 4 members (excludes halogenated alkanes) is 2. The summed E-state index contributed by atoms with van der Waals surface area (Å²) in [6, 6.07) is 8.91. The van der Waals surface area contributed by atoms with Gasteiger partial charge in [-0.2, -0.15) is 0 Å². The van der Waals surface area contributed by atoms with Crippen LogP contribution in [0.5, 0.6) is 0 Å². The van der Waals surface area contributed by atoms with Gasteiger partial charge >= 0.3 is 0 Å². The molecule has 0 saturated heterocycles. The van der Waals surface area contributed by atoms with E-state index in [4.69, 9.17) is 0 Å². The van der Waals surface area contributed by atoms with Gasteiger partial charge in [0, 0.05) is 0 Å². The van der Waals surface area contributed by atoms with Gasteiger partial charge in [-0.15, -0.1) is 0 Å². The van der Waals surface area contributed by atoms with Gasteiger partial charge in [0.15, 0.2) is 0 Å². The van der Waals surface area contributed by atoms with Gasteiger partial charge in [-0.25, -0.2) is 0 Å². The van der Waals surface area contributed by atoms with Crippen LogP contribution in [-0.2, 0) is 0 Å². The molecule has 1 aromatic rings. The first-order chi connectivity index (χ1) is 7.06. The van der Waals surface area contributed by atoms with Crippen LogP contribution in [0.4, 0.5) is 5.69 Å². The molecule has 0 atom stereocenters. The highest BCUT2D eigenvalue weighted by Crippen LogP contribution is 2.20. The molecule has 0 aliphatic carbocycles. The standard InChI is InChI=1S/C14H24N.ClH/c1-5-6-7-12-15(3,4)14-10-8-13(2)9-11-14;/h8-11H,5-7,12H2,1-4H3;1H/q+1;/p-1. The minimum atomic E-state index is 0. The number of aryl methyl sites for hydroxylation is 1. The Bertz CT molecular complexity index is 290. The average Bonchev–Trinajstić information content (AvgIpc) is 2.18. The zero-order chi connectivity index (χ0) is 11.3. The molecule has 0 unspecified atom stereocenters. The molecule has 1 aromatic carbocycles. The highest BCUT2D eigenvalue weighted by atomic mass is 35.5. The lowest BCUT2D eigenvalue weighted by atomic mass is 10.1. The van der Waals surface area contributed by atoms with E-state index in [1.54, 1.807) is 0 Å². The van der Waals surface area contributed by atoms with E-state index < -0.39 is 0 Å². The molecule has 0 aromatic heterocycles. The molecular weight excluding hydrogens is 218 g/mol. The van der Waals surface area contributed by atoms with Crippen LogP contribution in [0.3, 0.4) is 0 Å². The molecule has 1 rings (SSSR count). The summed E-state index contributed by atoms with van der Waals surface area (Å²) in [7, 11) is 4.58. The Morgan fingerprint density at radius 3 is 2.06 bits per heavy atom. The number of quaternary nitrogens is 1. The molecule has 0 heterocycles. The fourth-order valence-corrected chi connectivity index (χ4v) is 1.83. The lowest BCUT2D eigenvalue weighted by molar-refractivity contribution is -0.00000348. The van der Waals surface area contributed by atoms with Gasteiger partial charge in [0.25, 0.3) is 0 Å². The van der Waals surface area contributed by atoms with Crippen LogP contribution < -0.4 is 16.9 Å². The zero-order valence-corrected chi connectivity index (χ0v) is 11.7. The first kappa shape index (κ1) is 15.5. The summed E-state index contributed by atoms with van der Waals surface area (Å²) in [4.78, 5) is 0. The predicted octanol–water partition coefficient (Wildman–Crippen LogP) is 0.756. The molecule has 2 heteroatoms. The summed E-state index contributed by atoms with van der Waals surface area (Å²) in [5.74, 6) is 0. The quantitative estimate of drug-likeness (QED) is 0.528. The number of benzene rings is 1. The summed E-state index contributed by atoms with van der Waals surface area (Å²) in [6.07, 6.45) is 3.96. The van der Waals surface area contributed by atoms with Gasteiger partial charge in [0.2, 0.25) is 0 Å². The van der Waals surface area contributed by atoms with E-state index in [0.29, 0.717) is 0 Å². The van der Waals surface area contributed by atoms with Crippen molar-refractivity contribution in [1.29, 1.82) is 0 Å². The number of rotatable bonds is 5. The van der Waals surface area contributed by atoms with Crippen molar-refractivity contribution in [2.75, 3.05) is 20.6 Å². The Hall–Kier alpha value is -0.530. The van der Waals surface area contributed by atoms with Gasteiger partial charge in [0.1, 0.15) is 5.69 Å². The Morgan fingerprint density at radius 2 is 1.56 bits per heavy atom. The van der Waals surface area contributed by atoms with Gasteiger partial charge in [-0.05, 0) is 31.9 Å². The molecule has 0 radical (unpaired) electrons. The maximum atomic E-state index is 2.29. The van der Waals surface area contributed by atoms with E-state index in [9.17, 15) is 0 Å². The molecule has 0 N–H and O–H groups in total. The average molecular weight is 242 g/mol. The van der Waals surface area contributed by atoms with Crippen LogP contribution in [0, 0.1) is 6.92 Å². The summed E-state index contributed by atoms with van der Waals surface area (Å²) in [6.45, 7) is 5.63. The zero-order valence-electron chi connectivity index (χ0n) is 11.0. The largest absolute Gasteiger partial charge is 1.00 e. The molecule has 0 aliphatic heterocycles. The van der Waals surface area contributed by atoms with E-state index >= 15 is 0 Å². The van der Waals surface area contributed by atoms with Gasteiger partial charge < -0.3 is 12.4 Å². The second-order valence-corrected chi connectivity index (χ2v) is 4.95. The maximum Gasteiger partial charge on any atom is 0.132 e. The molecule has 16 heavy (non-hydrogen) atoms. The van der Waals surface area contributed by atoms with Crippen molar-refractivity contribution < 1.29 is 12.4 Å². The third-order valence-corrected chi connectivity index (χ3v) is 3.05. The van der Waals surface area contributed by atoms with Crippen LogP contribution in [0.25, 0.3) is 0 Å². The van der Waals surface area contributed by atoms with Crippen molar-refractivity contribution in [1.82, 2.24) is 4.48 Å². The lowest BCUT2D eigenvalue weighted by Crippen LogP contribution is -3.00. The predicted molar refractivity (Wildman–Crippen MR) is 69.2 cm³/mol. The lowest BCUT2D eigenvalue weighted by Gasteiger charge is -2.29. The molecule has 0 spiro atoms. The second kappa shape index (κ2) is 6.93. The minimum absolute atomic E-state index is 0. The molecule has 0 bridgehead atoms.